The number of halogens is 1. The van der Waals surface area contributed by atoms with Crippen molar-refractivity contribution >= 4 is 23.4 Å². The molecule has 4 heteroatoms. The predicted octanol–water partition coefficient (Wildman–Crippen LogP) is 1.69. The monoisotopic (exact) mass is 196 g/mol. The van der Waals surface area contributed by atoms with Crippen LogP contribution in [0.1, 0.15) is 10.4 Å². The molecule has 1 aromatic carbocycles. The summed E-state index contributed by atoms with van der Waals surface area (Å²) in [6, 6.07) is 7.32. The molecule has 3 nitrogen and oxygen atoms in total. The summed E-state index contributed by atoms with van der Waals surface area (Å²) in [4.78, 5) is 13.2. The minimum atomic E-state index is 0.0208. The van der Waals surface area contributed by atoms with Crippen LogP contribution in [0.3, 0.4) is 0 Å². The lowest BCUT2D eigenvalue weighted by molar-refractivity contribution is 0.0790. The van der Waals surface area contributed by atoms with Crippen molar-refractivity contribution in [2.45, 2.75) is 0 Å². The van der Waals surface area contributed by atoms with Gasteiger partial charge in [-0.25, -0.2) is 0 Å². The largest absolute Gasteiger partial charge is 0.323 e. The van der Waals surface area contributed by atoms with Crippen LogP contribution in [-0.4, -0.2) is 24.5 Å². The van der Waals surface area contributed by atoms with E-state index in [1.165, 1.54) is 4.42 Å². The average molecular weight is 197 g/mol. The number of rotatable bonds is 0. The minimum absolute atomic E-state index is 0.0208. The van der Waals surface area contributed by atoms with Crippen molar-refractivity contribution in [1.29, 1.82) is 0 Å². The topological polar surface area (TPSA) is 23.6 Å². The van der Waals surface area contributed by atoms with Crippen LogP contribution < -0.4 is 4.42 Å². The van der Waals surface area contributed by atoms with E-state index in [1.54, 1.807) is 18.0 Å². The summed E-state index contributed by atoms with van der Waals surface area (Å²) in [6.07, 6.45) is 0. The van der Waals surface area contributed by atoms with Gasteiger partial charge in [0, 0.05) is 18.8 Å². The minimum Gasteiger partial charge on any atom is -0.323 e. The molecule has 1 amide bonds. The molecule has 0 spiro atoms. The highest BCUT2D eigenvalue weighted by Gasteiger charge is 2.24. The van der Waals surface area contributed by atoms with Crippen molar-refractivity contribution in [3.8, 4) is 0 Å². The van der Waals surface area contributed by atoms with Crippen LogP contribution in [0, 0.1) is 0 Å². The van der Waals surface area contributed by atoms with Crippen LogP contribution in [0.5, 0.6) is 0 Å². The number of carbonyl (C=O) groups is 1. The zero-order valence-electron chi connectivity index (χ0n) is 7.20. The van der Waals surface area contributed by atoms with Crippen molar-refractivity contribution in [3.63, 3.8) is 0 Å². The lowest BCUT2D eigenvalue weighted by atomic mass is 10.1. The molecule has 1 aliphatic heterocycles. The van der Waals surface area contributed by atoms with Gasteiger partial charge in [-0.05, 0) is 12.1 Å². The fourth-order valence-corrected chi connectivity index (χ4v) is 1.71. The van der Waals surface area contributed by atoms with E-state index >= 15 is 0 Å². The number of nitrogens with zero attached hydrogens (tertiary/aromatic N) is 2. The number of carbonyl (C=O) groups excluding carboxylic acids is 1. The smallest absolute Gasteiger partial charge is 0.257 e. The third kappa shape index (κ3) is 1.25. The number of benzene rings is 1. The number of amides is 1. The van der Waals surface area contributed by atoms with E-state index in [9.17, 15) is 4.79 Å². The van der Waals surface area contributed by atoms with Gasteiger partial charge in [-0.15, -0.1) is 0 Å². The van der Waals surface area contributed by atoms with E-state index in [-0.39, 0.29) is 5.91 Å². The van der Waals surface area contributed by atoms with Gasteiger partial charge < -0.3 is 4.90 Å². The van der Waals surface area contributed by atoms with E-state index in [4.69, 9.17) is 11.8 Å². The highest BCUT2D eigenvalue weighted by molar-refractivity contribution is 6.27. The Morgan fingerprint density at radius 1 is 1.38 bits per heavy atom. The normalized spacial score (nSPS) is 16.0. The maximum atomic E-state index is 11.6. The lowest BCUT2D eigenvalue weighted by Crippen LogP contribution is -2.40. The number of fused-ring (bicyclic) bond motifs is 1. The standard InChI is InChI=1S/C9H9ClN2O/c1-11-6-12(10)8-5-3-2-4-7(8)9(11)13/h2-5H,6H2,1H3. The molecule has 0 bridgehead atoms. The Morgan fingerprint density at radius 3 is 2.85 bits per heavy atom. The molecule has 0 atom stereocenters. The average Bonchev–Trinajstić information content (AvgIpc) is 2.15. The Labute approximate surface area is 81.6 Å². The predicted molar refractivity (Wildman–Crippen MR) is 51.7 cm³/mol. The second-order valence-electron chi connectivity index (χ2n) is 3.02. The van der Waals surface area contributed by atoms with Gasteiger partial charge in [-0.1, -0.05) is 12.1 Å². The fourth-order valence-electron chi connectivity index (χ4n) is 1.40. The molecule has 13 heavy (non-hydrogen) atoms. The Hall–Kier alpha value is -1.22. The Balaban J connectivity index is 2.54. The summed E-state index contributed by atoms with van der Waals surface area (Å²) in [5.41, 5.74) is 1.44. The van der Waals surface area contributed by atoms with Crippen molar-refractivity contribution in [2.75, 3.05) is 18.1 Å². The molecule has 0 saturated carbocycles. The van der Waals surface area contributed by atoms with Crippen molar-refractivity contribution in [2.24, 2.45) is 0 Å². The van der Waals surface area contributed by atoms with E-state index < -0.39 is 0 Å². The molecule has 0 fully saturated rings. The molecule has 0 radical (unpaired) electrons. The van der Waals surface area contributed by atoms with Gasteiger partial charge in [0.2, 0.25) is 0 Å². The number of anilines is 1. The zero-order valence-corrected chi connectivity index (χ0v) is 7.95. The summed E-state index contributed by atoms with van der Waals surface area (Å²) < 4.78 is 1.54. The first-order valence-electron chi connectivity index (χ1n) is 3.98. The highest BCUT2D eigenvalue weighted by Crippen LogP contribution is 2.27. The molecule has 1 aliphatic rings. The highest BCUT2D eigenvalue weighted by atomic mass is 35.5. The van der Waals surface area contributed by atoms with E-state index in [1.807, 2.05) is 18.2 Å². The van der Waals surface area contributed by atoms with Gasteiger partial charge in [-0.3, -0.25) is 9.21 Å². The quantitative estimate of drug-likeness (QED) is 0.590. The third-order valence-electron chi connectivity index (χ3n) is 2.08. The molecule has 0 aromatic heterocycles. The summed E-state index contributed by atoms with van der Waals surface area (Å²) in [7, 11) is 1.73. The molecular formula is C9H9ClN2O. The summed E-state index contributed by atoms with van der Waals surface area (Å²) in [6.45, 7) is 0.428. The molecular weight excluding hydrogens is 188 g/mol. The van der Waals surface area contributed by atoms with Crippen molar-refractivity contribution in [3.05, 3.63) is 29.8 Å². The molecule has 0 unspecified atom stereocenters. The molecule has 2 rings (SSSR count). The van der Waals surface area contributed by atoms with Gasteiger partial charge in [-0.2, -0.15) is 0 Å². The molecule has 0 aliphatic carbocycles. The van der Waals surface area contributed by atoms with Gasteiger partial charge >= 0.3 is 0 Å². The van der Waals surface area contributed by atoms with Crippen LogP contribution >= 0.6 is 11.8 Å². The second-order valence-corrected chi connectivity index (χ2v) is 3.43. The van der Waals surface area contributed by atoms with Crippen LogP contribution in [0.15, 0.2) is 24.3 Å². The van der Waals surface area contributed by atoms with E-state index in [2.05, 4.69) is 0 Å². The molecule has 0 saturated heterocycles. The SMILES string of the molecule is CN1CN(Cl)c2ccccc2C1=O. The van der Waals surface area contributed by atoms with Crippen LogP contribution in [0.4, 0.5) is 5.69 Å². The second kappa shape index (κ2) is 2.92. The first-order valence-corrected chi connectivity index (χ1v) is 4.32. The molecule has 1 aromatic rings. The summed E-state index contributed by atoms with van der Waals surface area (Å²) >= 11 is 5.95. The number of para-hydroxylation sites is 1. The molecule has 1 heterocycles. The maximum absolute atomic E-state index is 11.6. The van der Waals surface area contributed by atoms with Crippen LogP contribution in [-0.2, 0) is 0 Å². The van der Waals surface area contributed by atoms with E-state index in [0.717, 1.165) is 5.69 Å². The van der Waals surface area contributed by atoms with Crippen molar-refractivity contribution < 1.29 is 4.79 Å². The summed E-state index contributed by atoms with van der Waals surface area (Å²) in [5, 5.41) is 0. The zero-order chi connectivity index (χ0) is 9.42. The first-order chi connectivity index (χ1) is 6.20. The molecule has 68 valence electrons. The van der Waals surface area contributed by atoms with Crippen molar-refractivity contribution in [1.82, 2.24) is 4.90 Å². The Kier molecular flexibility index (Phi) is 1.88. The van der Waals surface area contributed by atoms with Gasteiger partial charge in [0.1, 0.15) is 6.67 Å². The number of hydrogen-bond donors (Lipinski definition) is 0. The maximum Gasteiger partial charge on any atom is 0.257 e. The van der Waals surface area contributed by atoms with Gasteiger partial charge in [0.15, 0.2) is 0 Å². The molecule has 0 N–H and O–H groups in total. The van der Waals surface area contributed by atoms with Gasteiger partial charge in [0.25, 0.3) is 5.91 Å². The third-order valence-corrected chi connectivity index (χ3v) is 2.37. The Morgan fingerprint density at radius 2 is 2.08 bits per heavy atom. The van der Waals surface area contributed by atoms with E-state index in [0.29, 0.717) is 12.2 Å². The number of hydrogen-bond acceptors (Lipinski definition) is 2. The fraction of sp³-hybridized carbons (Fsp3) is 0.222. The van der Waals surface area contributed by atoms with Gasteiger partial charge in [0.05, 0.1) is 11.3 Å². The lowest BCUT2D eigenvalue weighted by Gasteiger charge is -2.30. The first kappa shape index (κ1) is 8.38. The summed E-state index contributed by atoms with van der Waals surface area (Å²) in [5.74, 6) is 0.0208. The van der Waals surface area contributed by atoms with Crippen LogP contribution in [0.2, 0.25) is 0 Å². The van der Waals surface area contributed by atoms with Crippen LogP contribution in [0.25, 0.3) is 0 Å². The Bertz CT molecular complexity index is 353.